The van der Waals surface area contributed by atoms with Gasteiger partial charge >= 0.3 is 0 Å². The molecule has 0 bridgehead atoms. The van der Waals surface area contributed by atoms with Crippen molar-refractivity contribution in [2.24, 2.45) is 0 Å². The van der Waals surface area contributed by atoms with Crippen LogP contribution in [0, 0.1) is 0 Å². The first kappa shape index (κ1) is 16.2. The number of hydrogen-bond acceptors (Lipinski definition) is 3. The van der Waals surface area contributed by atoms with Gasteiger partial charge in [0.1, 0.15) is 6.54 Å². The largest absolute Gasteiger partial charge is 0.328 e. The Morgan fingerprint density at radius 1 is 1.23 bits per heavy atom. The number of hydrogen-bond donors (Lipinski definition) is 1. The first-order chi connectivity index (χ1) is 10.5. The van der Waals surface area contributed by atoms with Crippen LogP contribution in [0.15, 0.2) is 53.1 Å². The van der Waals surface area contributed by atoms with Gasteiger partial charge in [0.2, 0.25) is 11.8 Å². The van der Waals surface area contributed by atoms with Gasteiger partial charge < -0.3 is 10.2 Å². The van der Waals surface area contributed by atoms with Gasteiger partial charge in [-0.25, -0.2) is 0 Å². The van der Waals surface area contributed by atoms with Crippen molar-refractivity contribution in [3.05, 3.63) is 58.8 Å². The van der Waals surface area contributed by atoms with Crippen molar-refractivity contribution in [1.29, 1.82) is 0 Å². The van der Waals surface area contributed by atoms with E-state index < -0.39 is 0 Å². The minimum absolute atomic E-state index is 0.0155. The molecular weight excluding hydrogens is 346 g/mol. The highest BCUT2D eigenvalue weighted by atomic mass is 79.9. The van der Waals surface area contributed by atoms with E-state index in [1.54, 1.807) is 18.3 Å². The van der Waals surface area contributed by atoms with Crippen LogP contribution < -0.4 is 5.32 Å². The summed E-state index contributed by atoms with van der Waals surface area (Å²) in [6, 6.07) is 12.8. The number of amides is 2. The Morgan fingerprint density at radius 3 is 2.68 bits per heavy atom. The molecule has 2 amide bonds. The van der Waals surface area contributed by atoms with E-state index in [0.717, 1.165) is 10.2 Å². The Bertz CT molecular complexity index is 661. The molecule has 5 nitrogen and oxygen atoms in total. The molecule has 0 aliphatic heterocycles. The second-order valence-corrected chi connectivity index (χ2v) is 5.67. The van der Waals surface area contributed by atoms with Crippen LogP contribution >= 0.6 is 15.9 Å². The lowest BCUT2D eigenvalue weighted by molar-refractivity contribution is -0.133. The fraction of sp³-hybridized carbons (Fsp3) is 0.188. The zero-order chi connectivity index (χ0) is 15.9. The Morgan fingerprint density at radius 2 is 2.05 bits per heavy atom. The van der Waals surface area contributed by atoms with Crippen LogP contribution in [0.2, 0.25) is 0 Å². The lowest BCUT2D eigenvalue weighted by Gasteiger charge is -2.20. The molecule has 1 aromatic heterocycles. The van der Waals surface area contributed by atoms with Crippen molar-refractivity contribution >= 4 is 33.4 Å². The Labute approximate surface area is 137 Å². The average Bonchev–Trinajstić information content (AvgIpc) is 2.47. The highest BCUT2D eigenvalue weighted by Gasteiger charge is 2.14. The van der Waals surface area contributed by atoms with Crippen molar-refractivity contribution in [2.45, 2.75) is 13.5 Å². The van der Waals surface area contributed by atoms with Gasteiger partial charge in [-0.3, -0.25) is 14.6 Å². The van der Waals surface area contributed by atoms with Crippen molar-refractivity contribution in [2.75, 3.05) is 11.9 Å². The summed E-state index contributed by atoms with van der Waals surface area (Å²) in [6.07, 6.45) is 1.66. The van der Waals surface area contributed by atoms with E-state index in [1.165, 1.54) is 11.8 Å². The van der Waals surface area contributed by atoms with Crippen LogP contribution in [0.3, 0.4) is 0 Å². The van der Waals surface area contributed by atoms with Crippen LogP contribution in [-0.4, -0.2) is 28.2 Å². The third-order valence-corrected chi connectivity index (χ3v) is 3.46. The molecule has 114 valence electrons. The molecule has 0 atom stereocenters. The zero-order valence-electron chi connectivity index (χ0n) is 12.1. The Balaban J connectivity index is 1.98. The fourth-order valence-electron chi connectivity index (χ4n) is 1.91. The average molecular weight is 362 g/mol. The van der Waals surface area contributed by atoms with E-state index in [2.05, 4.69) is 26.2 Å². The lowest BCUT2D eigenvalue weighted by Crippen LogP contribution is -2.36. The van der Waals surface area contributed by atoms with Gasteiger partial charge in [-0.15, -0.1) is 0 Å². The predicted molar refractivity (Wildman–Crippen MR) is 88.1 cm³/mol. The molecule has 0 spiro atoms. The van der Waals surface area contributed by atoms with E-state index in [4.69, 9.17) is 0 Å². The molecule has 0 unspecified atom stereocenters. The van der Waals surface area contributed by atoms with Crippen LogP contribution in [0.4, 0.5) is 5.69 Å². The van der Waals surface area contributed by atoms with E-state index in [1.807, 2.05) is 30.3 Å². The number of anilines is 1. The maximum Gasteiger partial charge on any atom is 0.244 e. The topological polar surface area (TPSA) is 62.3 Å². The summed E-state index contributed by atoms with van der Waals surface area (Å²) in [7, 11) is 0. The molecular formula is C16H16BrN3O2. The van der Waals surface area contributed by atoms with Gasteiger partial charge in [0, 0.05) is 23.3 Å². The summed E-state index contributed by atoms with van der Waals surface area (Å²) in [6.45, 7) is 1.73. The zero-order valence-corrected chi connectivity index (χ0v) is 13.7. The number of carbonyl (C=O) groups is 2. The Kier molecular flexibility index (Phi) is 5.66. The maximum absolute atomic E-state index is 12.1. The SMILES string of the molecule is CC(=O)N(CC(=O)Nc1cccc(Br)c1)Cc1ccccn1. The summed E-state index contributed by atoms with van der Waals surface area (Å²) in [5.41, 5.74) is 1.42. The van der Waals surface area contributed by atoms with Crippen molar-refractivity contribution in [3.63, 3.8) is 0 Å². The number of halogens is 1. The minimum atomic E-state index is -0.246. The molecule has 0 radical (unpaired) electrons. The monoisotopic (exact) mass is 361 g/mol. The van der Waals surface area contributed by atoms with Crippen molar-refractivity contribution in [1.82, 2.24) is 9.88 Å². The minimum Gasteiger partial charge on any atom is -0.328 e. The smallest absolute Gasteiger partial charge is 0.244 e. The number of aromatic nitrogens is 1. The van der Waals surface area contributed by atoms with Crippen LogP contribution in [0.1, 0.15) is 12.6 Å². The summed E-state index contributed by atoms with van der Waals surface area (Å²) in [5.74, 6) is -0.417. The second kappa shape index (κ2) is 7.70. The van der Waals surface area contributed by atoms with E-state index in [-0.39, 0.29) is 18.4 Å². The van der Waals surface area contributed by atoms with Crippen molar-refractivity contribution in [3.8, 4) is 0 Å². The van der Waals surface area contributed by atoms with Gasteiger partial charge in [-0.05, 0) is 30.3 Å². The molecule has 2 aromatic rings. The van der Waals surface area contributed by atoms with Crippen molar-refractivity contribution < 1.29 is 9.59 Å². The van der Waals surface area contributed by atoms with Gasteiger partial charge in [0.25, 0.3) is 0 Å². The van der Waals surface area contributed by atoms with Gasteiger partial charge in [0.15, 0.2) is 0 Å². The third kappa shape index (κ3) is 4.96. The summed E-state index contributed by atoms with van der Waals surface area (Å²) in [5, 5.41) is 2.77. The maximum atomic E-state index is 12.1. The number of carbonyl (C=O) groups excluding carboxylic acids is 2. The van der Waals surface area contributed by atoms with E-state index in [0.29, 0.717) is 12.2 Å². The Hall–Kier alpha value is -2.21. The number of nitrogens with zero attached hydrogens (tertiary/aromatic N) is 2. The van der Waals surface area contributed by atoms with Crippen LogP contribution in [0.5, 0.6) is 0 Å². The normalized spacial score (nSPS) is 10.1. The summed E-state index contributed by atoms with van der Waals surface area (Å²) < 4.78 is 0.877. The third-order valence-electron chi connectivity index (χ3n) is 2.97. The number of benzene rings is 1. The van der Waals surface area contributed by atoms with Gasteiger partial charge in [0.05, 0.1) is 12.2 Å². The highest BCUT2D eigenvalue weighted by molar-refractivity contribution is 9.10. The molecule has 1 N–H and O–H groups in total. The molecule has 1 heterocycles. The molecule has 0 saturated heterocycles. The summed E-state index contributed by atoms with van der Waals surface area (Å²) in [4.78, 5) is 29.4. The highest BCUT2D eigenvalue weighted by Crippen LogP contribution is 2.15. The molecule has 6 heteroatoms. The lowest BCUT2D eigenvalue weighted by atomic mass is 10.3. The molecule has 22 heavy (non-hydrogen) atoms. The van der Waals surface area contributed by atoms with E-state index >= 15 is 0 Å². The van der Waals surface area contributed by atoms with E-state index in [9.17, 15) is 9.59 Å². The first-order valence-corrected chi connectivity index (χ1v) is 7.55. The van der Waals surface area contributed by atoms with Gasteiger partial charge in [-0.2, -0.15) is 0 Å². The summed E-state index contributed by atoms with van der Waals surface area (Å²) >= 11 is 3.35. The number of pyridine rings is 1. The molecule has 0 aliphatic carbocycles. The van der Waals surface area contributed by atoms with Gasteiger partial charge in [-0.1, -0.05) is 28.1 Å². The standard InChI is InChI=1S/C16H16BrN3O2/c1-12(21)20(10-15-6-2-3-8-18-15)11-16(22)19-14-7-4-5-13(17)9-14/h2-9H,10-11H2,1H3,(H,19,22). The first-order valence-electron chi connectivity index (χ1n) is 6.75. The molecule has 0 fully saturated rings. The predicted octanol–water partition coefficient (Wildman–Crippen LogP) is 2.83. The molecule has 1 aromatic carbocycles. The molecule has 0 saturated carbocycles. The molecule has 0 aliphatic rings. The fourth-order valence-corrected chi connectivity index (χ4v) is 2.31. The van der Waals surface area contributed by atoms with Crippen LogP contribution in [-0.2, 0) is 16.1 Å². The second-order valence-electron chi connectivity index (χ2n) is 4.75. The molecule has 2 rings (SSSR count). The number of nitrogens with one attached hydrogen (secondary N) is 1. The quantitative estimate of drug-likeness (QED) is 0.890. The van der Waals surface area contributed by atoms with Crippen LogP contribution in [0.25, 0.3) is 0 Å². The number of rotatable bonds is 5.